The Labute approximate surface area is 154 Å². The molecule has 1 aromatic heterocycles. The van der Waals surface area contributed by atoms with Crippen LogP contribution in [0, 0.1) is 5.92 Å². The SMILES string of the molecule is CCc1ccc(S(=O)(=O)N2CCC(NC(=O)C3CCCCC3)CC2)s1. The fraction of sp³-hybridized carbons (Fsp3) is 0.722. The van der Waals surface area contributed by atoms with Crippen LogP contribution in [0.5, 0.6) is 0 Å². The minimum absolute atomic E-state index is 0.107. The summed E-state index contributed by atoms with van der Waals surface area (Å²) >= 11 is 1.36. The lowest BCUT2D eigenvalue weighted by atomic mass is 9.88. The highest BCUT2D eigenvalue weighted by molar-refractivity contribution is 7.91. The molecule has 2 fully saturated rings. The summed E-state index contributed by atoms with van der Waals surface area (Å²) in [6.07, 6.45) is 7.78. The molecule has 7 heteroatoms. The van der Waals surface area contributed by atoms with Gasteiger partial charge < -0.3 is 5.32 Å². The van der Waals surface area contributed by atoms with Crippen molar-refractivity contribution < 1.29 is 13.2 Å². The number of hydrogen-bond donors (Lipinski definition) is 1. The second-order valence-corrected chi connectivity index (χ2v) is 10.4. The van der Waals surface area contributed by atoms with Crippen molar-refractivity contribution in [2.75, 3.05) is 13.1 Å². The Morgan fingerprint density at radius 2 is 1.84 bits per heavy atom. The second kappa shape index (κ2) is 8.18. The zero-order valence-corrected chi connectivity index (χ0v) is 16.5. The van der Waals surface area contributed by atoms with Crippen LogP contribution >= 0.6 is 11.3 Å². The van der Waals surface area contributed by atoms with Crippen LogP contribution in [0.4, 0.5) is 0 Å². The molecule has 0 aromatic carbocycles. The molecule has 2 heterocycles. The lowest BCUT2D eigenvalue weighted by Crippen LogP contribution is -2.47. The molecule has 1 aromatic rings. The highest BCUT2D eigenvalue weighted by Crippen LogP contribution is 2.28. The van der Waals surface area contributed by atoms with Crippen molar-refractivity contribution in [1.82, 2.24) is 9.62 Å². The van der Waals surface area contributed by atoms with Gasteiger partial charge in [0.1, 0.15) is 4.21 Å². The molecule has 0 atom stereocenters. The zero-order chi connectivity index (χ0) is 17.9. The van der Waals surface area contributed by atoms with Crippen molar-refractivity contribution in [2.24, 2.45) is 5.92 Å². The molecule has 25 heavy (non-hydrogen) atoms. The maximum absolute atomic E-state index is 12.7. The Hall–Kier alpha value is -0.920. The average Bonchev–Trinajstić information content (AvgIpc) is 3.13. The monoisotopic (exact) mass is 384 g/mol. The van der Waals surface area contributed by atoms with Crippen LogP contribution in [-0.4, -0.2) is 37.8 Å². The van der Waals surface area contributed by atoms with Crippen LogP contribution in [0.2, 0.25) is 0 Å². The molecular weight excluding hydrogens is 356 g/mol. The minimum atomic E-state index is -3.38. The van der Waals surface area contributed by atoms with E-state index in [0.717, 1.165) is 37.0 Å². The van der Waals surface area contributed by atoms with Gasteiger partial charge in [-0.2, -0.15) is 4.31 Å². The van der Waals surface area contributed by atoms with Gasteiger partial charge >= 0.3 is 0 Å². The molecule has 1 N–H and O–H groups in total. The van der Waals surface area contributed by atoms with Crippen molar-refractivity contribution in [2.45, 2.75) is 68.5 Å². The second-order valence-electron chi connectivity index (χ2n) is 7.10. The molecule has 3 rings (SSSR count). The molecule has 0 unspecified atom stereocenters. The van der Waals surface area contributed by atoms with Crippen LogP contribution < -0.4 is 5.32 Å². The first-order valence-electron chi connectivity index (χ1n) is 9.40. The summed E-state index contributed by atoms with van der Waals surface area (Å²) in [6.45, 7) is 3.00. The largest absolute Gasteiger partial charge is 0.353 e. The Morgan fingerprint density at radius 1 is 1.16 bits per heavy atom. The van der Waals surface area contributed by atoms with Gasteiger partial charge in [-0.3, -0.25) is 4.79 Å². The summed E-state index contributed by atoms with van der Waals surface area (Å²) in [5, 5.41) is 3.16. The Balaban J connectivity index is 1.53. The number of carbonyl (C=O) groups is 1. The number of thiophene rings is 1. The molecule has 1 aliphatic heterocycles. The number of nitrogens with one attached hydrogen (secondary N) is 1. The molecule has 0 bridgehead atoms. The van der Waals surface area contributed by atoms with Gasteiger partial charge in [0, 0.05) is 29.9 Å². The van der Waals surface area contributed by atoms with E-state index >= 15 is 0 Å². The van der Waals surface area contributed by atoms with Crippen molar-refractivity contribution in [3.05, 3.63) is 17.0 Å². The Morgan fingerprint density at radius 3 is 2.44 bits per heavy atom. The van der Waals surface area contributed by atoms with Crippen LogP contribution in [0.1, 0.15) is 56.7 Å². The molecule has 140 valence electrons. The van der Waals surface area contributed by atoms with Crippen molar-refractivity contribution >= 4 is 27.3 Å². The third-order valence-corrected chi connectivity index (χ3v) is 8.95. The van der Waals surface area contributed by atoms with Gasteiger partial charge in [0.15, 0.2) is 0 Å². The molecule has 5 nitrogen and oxygen atoms in total. The highest BCUT2D eigenvalue weighted by atomic mass is 32.2. The predicted octanol–water partition coefficient (Wildman–Crippen LogP) is 3.16. The third kappa shape index (κ3) is 4.44. The molecule has 0 spiro atoms. The van der Waals surface area contributed by atoms with E-state index in [-0.39, 0.29) is 17.9 Å². The van der Waals surface area contributed by atoms with Gasteiger partial charge in [0.25, 0.3) is 10.0 Å². The fourth-order valence-electron chi connectivity index (χ4n) is 3.74. The quantitative estimate of drug-likeness (QED) is 0.848. The van der Waals surface area contributed by atoms with Crippen LogP contribution in [0.25, 0.3) is 0 Å². The molecule has 2 aliphatic rings. The van der Waals surface area contributed by atoms with Gasteiger partial charge in [-0.1, -0.05) is 26.2 Å². The van der Waals surface area contributed by atoms with E-state index in [4.69, 9.17) is 0 Å². The number of piperidine rings is 1. The maximum Gasteiger partial charge on any atom is 0.252 e. The number of carbonyl (C=O) groups excluding carboxylic acids is 1. The van der Waals surface area contributed by atoms with Crippen LogP contribution in [0.15, 0.2) is 16.3 Å². The van der Waals surface area contributed by atoms with Crippen molar-refractivity contribution in [1.29, 1.82) is 0 Å². The number of rotatable bonds is 5. The smallest absolute Gasteiger partial charge is 0.252 e. The first-order valence-corrected chi connectivity index (χ1v) is 11.7. The topological polar surface area (TPSA) is 66.5 Å². The van der Waals surface area contributed by atoms with Gasteiger partial charge in [-0.15, -0.1) is 11.3 Å². The first-order chi connectivity index (χ1) is 12.0. The molecule has 1 aliphatic carbocycles. The van der Waals surface area contributed by atoms with Crippen molar-refractivity contribution in [3.63, 3.8) is 0 Å². The van der Waals surface area contributed by atoms with Crippen LogP contribution in [-0.2, 0) is 21.2 Å². The first kappa shape index (κ1) is 18.9. The lowest BCUT2D eigenvalue weighted by Gasteiger charge is -2.32. The van der Waals surface area contributed by atoms with E-state index in [1.54, 1.807) is 10.4 Å². The molecular formula is C18H28N2O3S2. The minimum Gasteiger partial charge on any atom is -0.353 e. The molecule has 1 saturated heterocycles. The summed E-state index contributed by atoms with van der Waals surface area (Å²) in [5.41, 5.74) is 0. The lowest BCUT2D eigenvalue weighted by molar-refractivity contribution is -0.126. The summed E-state index contributed by atoms with van der Waals surface area (Å²) in [7, 11) is -3.38. The number of sulfonamides is 1. The van der Waals surface area contributed by atoms with Crippen LogP contribution in [0.3, 0.4) is 0 Å². The van der Waals surface area contributed by atoms with E-state index in [1.165, 1.54) is 17.8 Å². The van der Waals surface area contributed by atoms with E-state index in [1.807, 2.05) is 13.0 Å². The zero-order valence-electron chi connectivity index (χ0n) is 14.9. The Bertz CT molecular complexity index is 685. The average molecular weight is 385 g/mol. The summed E-state index contributed by atoms with van der Waals surface area (Å²) in [4.78, 5) is 13.5. The number of hydrogen-bond acceptors (Lipinski definition) is 4. The van der Waals surface area contributed by atoms with E-state index < -0.39 is 10.0 Å². The summed E-state index contributed by atoms with van der Waals surface area (Å²) < 4.78 is 27.5. The number of aryl methyl sites for hydroxylation is 1. The number of nitrogens with zero attached hydrogens (tertiary/aromatic N) is 1. The summed E-state index contributed by atoms with van der Waals surface area (Å²) in [6, 6.07) is 3.72. The Kier molecular flexibility index (Phi) is 6.17. The number of amides is 1. The molecule has 1 amide bonds. The van der Waals surface area contributed by atoms with Gasteiger partial charge in [0.05, 0.1) is 0 Å². The standard InChI is InChI=1S/C18H28N2O3S2/c1-2-16-8-9-17(24-16)25(22,23)20-12-10-15(11-13-20)19-18(21)14-6-4-3-5-7-14/h8-9,14-15H,2-7,10-13H2,1H3,(H,19,21). The molecule has 0 radical (unpaired) electrons. The van der Waals surface area contributed by atoms with E-state index in [9.17, 15) is 13.2 Å². The van der Waals surface area contributed by atoms with Gasteiger partial charge in [-0.25, -0.2) is 8.42 Å². The molecule has 1 saturated carbocycles. The fourth-order valence-corrected chi connectivity index (χ4v) is 6.66. The van der Waals surface area contributed by atoms with Gasteiger partial charge in [-0.05, 0) is 44.2 Å². The highest BCUT2D eigenvalue weighted by Gasteiger charge is 2.32. The third-order valence-electron chi connectivity index (χ3n) is 5.36. The predicted molar refractivity (Wildman–Crippen MR) is 100 cm³/mol. The van der Waals surface area contributed by atoms with E-state index in [0.29, 0.717) is 30.1 Å². The van der Waals surface area contributed by atoms with Crippen molar-refractivity contribution in [3.8, 4) is 0 Å². The van der Waals surface area contributed by atoms with Gasteiger partial charge in [0.2, 0.25) is 5.91 Å². The maximum atomic E-state index is 12.7. The normalized spacial score (nSPS) is 21.3. The summed E-state index contributed by atoms with van der Waals surface area (Å²) in [5.74, 6) is 0.334. The van der Waals surface area contributed by atoms with E-state index in [2.05, 4.69) is 5.32 Å².